The van der Waals surface area contributed by atoms with Crippen molar-refractivity contribution in [2.24, 2.45) is 0 Å². The molecule has 2 aromatic rings. The van der Waals surface area contributed by atoms with Crippen LogP contribution in [0.2, 0.25) is 0 Å². The standard InChI is InChI=1S/C11H10BrNO2/c1-8-6-13-11(15-8)7-14-10-5-3-2-4-9(10)12/h2-6H,7H2,1H3. The maximum atomic E-state index is 5.53. The molecule has 0 unspecified atom stereocenters. The van der Waals surface area contributed by atoms with Crippen LogP contribution in [-0.4, -0.2) is 4.98 Å². The van der Waals surface area contributed by atoms with Gasteiger partial charge >= 0.3 is 0 Å². The molecule has 2 rings (SSSR count). The van der Waals surface area contributed by atoms with Gasteiger partial charge in [0.1, 0.15) is 11.5 Å². The van der Waals surface area contributed by atoms with Gasteiger partial charge < -0.3 is 9.15 Å². The number of para-hydroxylation sites is 1. The van der Waals surface area contributed by atoms with E-state index in [1.165, 1.54) is 0 Å². The summed E-state index contributed by atoms with van der Waals surface area (Å²) in [5, 5.41) is 0. The Balaban J connectivity index is 2.02. The number of hydrogen-bond donors (Lipinski definition) is 0. The molecule has 0 aliphatic heterocycles. The minimum atomic E-state index is 0.344. The molecular weight excluding hydrogens is 258 g/mol. The van der Waals surface area contributed by atoms with Crippen molar-refractivity contribution in [2.45, 2.75) is 13.5 Å². The van der Waals surface area contributed by atoms with Crippen LogP contribution in [0.1, 0.15) is 11.7 Å². The number of nitrogens with zero attached hydrogens (tertiary/aromatic N) is 1. The molecule has 0 spiro atoms. The molecule has 0 saturated heterocycles. The molecule has 0 aliphatic rings. The van der Waals surface area contributed by atoms with Gasteiger partial charge in [0.05, 0.1) is 10.7 Å². The second kappa shape index (κ2) is 4.49. The highest BCUT2D eigenvalue weighted by Gasteiger charge is 2.03. The molecule has 78 valence electrons. The Morgan fingerprint density at radius 2 is 2.20 bits per heavy atom. The van der Waals surface area contributed by atoms with Crippen LogP contribution in [0.25, 0.3) is 0 Å². The third kappa shape index (κ3) is 2.59. The van der Waals surface area contributed by atoms with Gasteiger partial charge in [0.15, 0.2) is 6.61 Å². The van der Waals surface area contributed by atoms with Crippen LogP contribution in [0.5, 0.6) is 5.75 Å². The lowest BCUT2D eigenvalue weighted by molar-refractivity contribution is 0.259. The molecule has 4 heteroatoms. The number of ether oxygens (including phenoxy) is 1. The minimum absolute atomic E-state index is 0.344. The van der Waals surface area contributed by atoms with Gasteiger partial charge in [-0.3, -0.25) is 0 Å². The average molecular weight is 268 g/mol. The highest BCUT2D eigenvalue weighted by Crippen LogP contribution is 2.24. The van der Waals surface area contributed by atoms with Crippen molar-refractivity contribution >= 4 is 15.9 Å². The largest absolute Gasteiger partial charge is 0.483 e. The minimum Gasteiger partial charge on any atom is -0.483 e. The highest BCUT2D eigenvalue weighted by molar-refractivity contribution is 9.10. The van der Waals surface area contributed by atoms with Crippen molar-refractivity contribution in [3.05, 3.63) is 46.6 Å². The molecule has 3 nitrogen and oxygen atoms in total. The normalized spacial score (nSPS) is 10.3. The molecule has 0 radical (unpaired) electrons. The number of halogens is 1. The highest BCUT2D eigenvalue weighted by atomic mass is 79.9. The molecule has 15 heavy (non-hydrogen) atoms. The Hall–Kier alpha value is -1.29. The van der Waals surface area contributed by atoms with E-state index in [-0.39, 0.29) is 0 Å². The number of aryl methyl sites for hydroxylation is 1. The van der Waals surface area contributed by atoms with Crippen LogP contribution in [0.3, 0.4) is 0 Å². The second-order valence-electron chi connectivity index (χ2n) is 3.08. The van der Waals surface area contributed by atoms with Crippen LogP contribution in [0.4, 0.5) is 0 Å². The SMILES string of the molecule is Cc1cnc(COc2ccccc2Br)o1. The lowest BCUT2D eigenvalue weighted by atomic mass is 10.3. The van der Waals surface area contributed by atoms with Crippen LogP contribution < -0.4 is 4.74 Å². The zero-order valence-electron chi connectivity index (χ0n) is 8.24. The third-order valence-corrected chi connectivity index (χ3v) is 2.51. The Labute approximate surface area is 96.2 Å². The van der Waals surface area contributed by atoms with Gasteiger partial charge in [-0.25, -0.2) is 4.98 Å². The van der Waals surface area contributed by atoms with Crippen molar-refractivity contribution in [1.29, 1.82) is 0 Å². The Morgan fingerprint density at radius 3 is 2.87 bits per heavy atom. The summed E-state index contributed by atoms with van der Waals surface area (Å²) in [6, 6.07) is 7.67. The molecule has 0 saturated carbocycles. The zero-order valence-corrected chi connectivity index (χ0v) is 9.82. The Morgan fingerprint density at radius 1 is 1.40 bits per heavy atom. The third-order valence-electron chi connectivity index (χ3n) is 1.86. The van der Waals surface area contributed by atoms with Gasteiger partial charge in [-0.15, -0.1) is 0 Å². The number of hydrogen-bond acceptors (Lipinski definition) is 3. The van der Waals surface area contributed by atoms with E-state index >= 15 is 0 Å². The summed E-state index contributed by atoms with van der Waals surface area (Å²) < 4.78 is 11.8. The first kappa shape index (κ1) is 10.2. The molecule has 0 aliphatic carbocycles. The smallest absolute Gasteiger partial charge is 0.232 e. The zero-order chi connectivity index (χ0) is 10.7. The molecule has 0 bridgehead atoms. The predicted molar refractivity (Wildman–Crippen MR) is 59.7 cm³/mol. The van der Waals surface area contributed by atoms with Crippen molar-refractivity contribution in [1.82, 2.24) is 4.98 Å². The van der Waals surface area contributed by atoms with Gasteiger partial charge in [-0.05, 0) is 35.0 Å². The first-order chi connectivity index (χ1) is 7.25. The van der Waals surface area contributed by atoms with E-state index in [1.807, 2.05) is 31.2 Å². The lowest BCUT2D eigenvalue weighted by Gasteiger charge is -2.04. The Bertz CT molecular complexity index is 453. The lowest BCUT2D eigenvalue weighted by Crippen LogP contribution is -1.95. The quantitative estimate of drug-likeness (QED) is 0.856. The Kier molecular flexibility index (Phi) is 3.06. The maximum Gasteiger partial charge on any atom is 0.232 e. The molecule has 0 fully saturated rings. The van der Waals surface area contributed by atoms with Gasteiger partial charge in [-0.1, -0.05) is 12.1 Å². The number of rotatable bonds is 3. The summed E-state index contributed by atoms with van der Waals surface area (Å²) in [6.45, 7) is 2.20. The topological polar surface area (TPSA) is 35.3 Å². The van der Waals surface area contributed by atoms with E-state index in [0.717, 1.165) is 16.0 Å². The fourth-order valence-electron chi connectivity index (χ4n) is 1.17. The van der Waals surface area contributed by atoms with Crippen molar-refractivity contribution in [3.63, 3.8) is 0 Å². The molecule has 1 heterocycles. The van der Waals surface area contributed by atoms with E-state index in [4.69, 9.17) is 9.15 Å². The van der Waals surface area contributed by atoms with E-state index < -0.39 is 0 Å². The van der Waals surface area contributed by atoms with E-state index in [9.17, 15) is 0 Å². The van der Waals surface area contributed by atoms with Gasteiger partial charge in [-0.2, -0.15) is 0 Å². The van der Waals surface area contributed by atoms with Crippen molar-refractivity contribution in [2.75, 3.05) is 0 Å². The maximum absolute atomic E-state index is 5.53. The van der Waals surface area contributed by atoms with E-state index in [0.29, 0.717) is 12.5 Å². The van der Waals surface area contributed by atoms with E-state index in [1.54, 1.807) is 6.20 Å². The van der Waals surface area contributed by atoms with Crippen molar-refractivity contribution in [3.8, 4) is 5.75 Å². The van der Waals surface area contributed by atoms with Gasteiger partial charge in [0.2, 0.25) is 5.89 Å². The number of aromatic nitrogens is 1. The van der Waals surface area contributed by atoms with E-state index in [2.05, 4.69) is 20.9 Å². The number of oxazole rings is 1. The summed E-state index contributed by atoms with van der Waals surface area (Å²) >= 11 is 3.40. The summed E-state index contributed by atoms with van der Waals surface area (Å²) in [4.78, 5) is 4.05. The van der Waals surface area contributed by atoms with Crippen LogP contribution in [0, 0.1) is 6.92 Å². The fourth-order valence-corrected chi connectivity index (χ4v) is 1.57. The monoisotopic (exact) mass is 267 g/mol. The van der Waals surface area contributed by atoms with Crippen LogP contribution >= 0.6 is 15.9 Å². The predicted octanol–water partition coefficient (Wildman–Crippen LogP) is 3.32. The molecule has 0 amide bonds. The number of benzene rings is 1. The van der Waals surface area contributed by atoms with Crippen LogP contribution in [0.15, 0.2) is 39.4 Å². The molecule has 0 atom stereocenters. The first-order valence-electron chi connectivity index (χ1n) is 4.54. The fraction of sp³-hybridized carbons (Fsp3) is 0.182. The molecular formula is C11H10BrNO2. The van der Waals surface area contributed by atoms with Gasteiger partial charge in [0.25, 0.3) is 0 Å². The molecule has 1 aromatic carbocycles. The molecule has 0 N–H and O–H groups in total. The summed E-state index contributed by atoms with van der Waals surface area (Å²) in [5.41, 5.74) is 0. The van der Waals surface area contributed by atoms with Crippen molar-refractivity contribution < 1.29 is 9.15 Å². The van der Waals surface area contributed by atoms with Crippen LogP contribution in [-0.2, 0) is 6.61 Å². The second-order valence-corrected chi connectivity index (χ2v) is 3.94. The summed E-state index contributed by atoms with van der Waals surface area (Å²) in [5.74, 6) is 2.16. The average Bonchev–Trinajstić information content (AvgIpc) is 2.63. The van der Waals surface area contributed by atoms with Gasteiger partial charge in [0, 0.05) is 0 Å². The summed E-state index contributed by atoms with van der Waals surface area (Å²) in [7, 11) is 0. The first-order valence-corrected chi connectivity index (χ1v) is 5.33. The summed E-state index contributed by atoms with van der Waals surface area (Å²) in [6.07, 6.45) is 1.68. The molecule has 1 aromatic heterocycles.